The van der Waals surface area contributed by atoms with Crippen LogP contribution in [0.25, 0.3) is 0 Å². The molecule has 0 spiro atoms. The predicted octanol–water partition coefficient (Wildman–Crippen LogP) is 4.20. The van der Waals surface area contributed by atoms with Crippen LogP contribution in [0.3, 0.4) is 0 Å². The Hall–Kier alpha value is -3.16. The van der Waals surface area contributed by atoms with Crippen LogP contribution in [-0.2, 0) is 9.59 Å². The molecule has 0 radical (unpaired) electrons. The maximum Gasteiger partial charge on any atom is 0.229 e. The van der Waals surface area contributed by atoms with Gasteiger partial charge in [0.25, 0.3) is 0 Å². The molecule has 2 aliphatic heterocycles. The van der Waals surface area contributed by atoms with E-state index in [4.69, 9.17) is 4.74 Å². The van der Waals surface area contributed by atoms with Crippen molar-refractivity contribution in [2.24, 2.45) is 11.8 Å². The summed E-state index contributed by atoms with van der Waals surface area (Å²) < 4.78 is 6.19. The van der Waals surface area contributed by atoms with Gasteiger partial charge in [-0.1, -0.05) is 19.3 Å². The minimum absolute atomic E-state index is 0.0289. The molecule has 1 aliphatic carbocycles. The molecule has 3 fully saturated rings. The zero-order chi connectivity index (χ0) is 24.9. The van der Waals surface area contributed by atoms with Gasteiger partial charge < -0.3 is 19.9 Å². The van der Waals surface area contributed by atoms with Gasteiger partial charge in [-0.25, -0.2) is 0 Å². The Morgan fingerprint density at radius 1 is 0.861 bits per heavy atom. The first kappa shape index (κ1) is 24.5. The molecule has 2 saturated heterocycles. The lowest BCUT2D eigenvalue weighted by Gasteiger charge is -2.35. The molecule has 2 amide bonds. The number of ether oxygens (including phenoxy) is 1. The van der Waals surface area contributed by atoms with E-state index >= 15 is 0 Å². The fraction of sp³-hybridized carbons (Fsp3) is 0.571. The zero-order valence-electron chi connectivity index (χ0n) is 21.2. The van der Waals surface area contributed by atoms with Crippen molar-refractivity contribution in [1.82, 2.24) is 15.1 Å². The highest BCUT2D eigenvalue weighted by Crippen LogP contribution is 2.28. The number of amides is 2. The van der Waals surface area contributed by atoms with E-state index in [2.05, 4.69) is 20.4 Å². The Balaban J connectivity index is 1.06. The molecule has 0 bridgehead atoms. The van der Waals surface area contributed by atoms with Crippen molar-refractivity contribution in [2.45, 2.75) is 64.4 Å². The second-order valence-electron chi connectivity index (χ2n) is 10.5. The first-order valence-electron chi connectivity index (χ1n) is 13.5. The Labute approximate surface area is 213 Å². The highest BCUT2D eigenvalue weighted by molar-refractivity contribution is 5.93. The molecule has 1 atom stereocenters. The number of anilines is 2. The lowest BCUT2D eigenvalue weighted by Crippen LogP contribution is -2.44. The molecule has 5 rings (SSSR count). The van der Waals surface area contributed by atoms with Crippen molar-refractivity contribution in [3.8, 4) is 5.75 Å². The minimum atomic E-state index is -0.0782. The van der Waals surface area contributed by atoms with Crippen molar-refractivity contribution in [3.05, 3.63) is 42.1 Å². The van der Waals surface area contributed by atoms with Crippen molar-refractivity contribution < 1.29 is 14.3 Å². The van der Waals surface area contributed by atoms with Gasteiger partial charge in [0, 0.05) is 50.6 Å². The molecule has 1 N–H and O–H groups in total. The summed E-state index contributed by atoms with van der Waals surface area (Å²) in [5.41, 5.74) is 1.66. The third-order valence-corrected chi connectivity index (χ3v) is 7.80. The third-order valence-electron chi connectivity index (χ3n) is 7.80. The molecule has 2 aromatic rings. The monoisotopic (exact) mass is 491 g/mol. The van der Waals surface area contributed by atoms with Crippen LogP contribution in [0.1, 0.15) is 57.1 Å². The molecule has 1 unspecified atom stereocenters. The number of hydrogen-bond donors (Lipinski definition) is 1. The second-order valence-corrected chi connectivity index (χ2v) is 10.5. The standard InChI is InChI=1S/C28H37N5O3/c1-20-7-12-26(31-30-20)33-16-13-22(19-33)27(34)29-23-8-10-24(11-9-23)36-25-14-17-32(18-15-25)28(35)21-5-3-2-4-6-21/h7-12,21-22,25H,2-6,13-19H2,1H3,(H,29,34). The van der Waals surface area contributed by atoms with E-state index < -0.39 is 0 Å². The number of aromatic nitrogens is 2. The summed E-state index contributed by atoms with van der Waals surface area (Å²) in [6.07, 6.45) is 8.39. The van der Waals surface area contributed by atoms with Crippen LogP contribution < -0.4 is 15.0 Å². The predicted molar refractivity (Wildman–Crippen MR) is 139 cm³/mol. The first-order chi connectivity index (χ1) is 17.5. The summed E-state index contributed by atoms with van der Waals surface area (Å²) in [6, 6.07) is 11.5. The van der Waals surface area contributed by atoms with Gasteiger partial charge in [0.05, 0.1) is 11.6 Å². The summed E-state index contributed by atoms with van der Waals surface area (Å²) in [4.78, 5) is 29.8. The quantitative estimate of drug-likeness (QED) is 0.652. The number of aryl methyl sites for hydroxylation is 1. The van der Waals surface area contributed by atoms with Crippen LogP contribution in [0.15, 0.2) is 36.4 Å². The average Bonchev–Trinajstić information content (AvgIpc) is 3.41. The summed E-state index contributed by atoms with van der Waals surface area (Å²) in [7, 11) is 0. The van der Waals surface area contributed by atoms with Crippen LogP contribution in [0, 0.1) is 18.8 Å². The van der Waals surface area contributed by atoms with Gasteiger partial charge in [-0.2, -0.15) is 5.10 Å². The van der Waals surface area contributed by atoms with Gasteiger partial charge in [0.1, 0.15) is 11.9 Å². The molecule has 3 heterocycles. The number of carbonyl (C=O) groups is 2. The Bertz CT molecular complexity index is 1030. The lowest BCUT2D eigenvalue weighted by atomic mass is 9.88. The maximum atomic E-state index is 12.8. The summed E-state index contributed by atoms with van der Waals surface area (Å²) in [5, 5.41) is 11.4. The van der Waals surface area contributed by atoms with Crippen LogP contribution in [-0.4, -0.2) is 59.2 Å². The molecule has 192 valence electrons. The van der Waals surface area contributed by atoms with Crippen LogP contribution >= 0.6 is 0 Å². The number of likely N-dealkylation sites (tertiary alicyclic amines) is 1. The third kappa shape index (κ3) is 5.97. The smallest absolute Gasteiger partial charge is 0.229 e. The van der Waals surface area contributed by atoms with Gasteiger partial charge in [-0.05, 0) is 62.6 Å². The molecule has 1 aromatic carbocycles. The van der Waals surface area contributed by atoms with Crippen molar-refractivity contribution in [2.75, 3.05) is 36.4 Å². The summed E-state index contributed by atoms with van der Waals surface area (Å²) in [6.45, 7) is 4.92. The highest BCUT2D eigenvalue weighted by atomic mass is 16.5. The molecule has 1 aromatic heterocycles. The van der Waals surface area contributed by atoms with Crippen molar-refractivity contribution in [1.29, 1.82) is 0 Å². The number of carbonyl (C=O) groups excluding carboxylic acids is 2. The lowest BCUT2D eigenvalue weighted by molar-refractivity contribution is -0.138. The number of rotatable bonds is 6. The van der Waals surface area contributed by atoms with E-state index in [-0.39, 0.29) is 23.8 Å². The van der Waals surface area contributed by atoms with Crippen LogP contribution in [0.2, 0.25) is 0 Å². The van der Waals surface area contributed by atoms with Crippen LogP contribution in [0.4, 0.5) is 11.5 Å². The van der Waals surface area contributed by atoms with E-state index in [0.29, 0.717) is 12.5 Å². The minimum Gasteiger partial charge on any atom is -0.490 e. The Morgan fingerprint density at radius 3 is 2.31 bits per heavy atom. The van der Waals surface area contributed by atoms with E-state index in [9.17, 15) is 9.59 Å². The molecule has 8 heteroatoms. The number of nitrogens with one attached hydrogen (secondary N) is 1. The van der Waals surface area contributed by atoms with E-state index in [0.717, 1.165) is 74.7 Å². The second kappa shape index (κ2) is 11.3. The highest BCUT2D eigenvalue weighted by Gasteiger charge is 2.31. The molecule has 36 heavy (non-hydrogen) atoms. The van der Waals surface area contributed by atoms with Gasteiger partial charge in [-0.15, -0.1) is 5.10 Å². The Morgan fingerprint density at radius 2 is 1.61 bits per heavy atom. The summed E-state index contributed by atoms with van der Waals surface area (Å²) >= 11 is 0. The largest absolute Gasteiger partial charge is 0.490 e. The van der Waals surface area contributed by atoms with E-state index in [1.807, 2.05) is 48.2 Å². The fourth-order valence-corrected chi connectivity index (χ4v) is 5.60. The number of hydrogen-bond acceptors (Lipinski definition) is 6. The Kier molecular flexibility index (Phi) is 7.68. The SMILES string of the molecule is Cc1ccc(N2CCC(C(=O)Nc3ccc(OC4CCN(C(=O)C5CCCCC5)CC4)cc3)C2)nn1. The van der Waals surface area contributed by atoms with Gasteiger partial charge in [0.2, 0.25) is 11.8 Å². The number of benzene rings is 1. The van der Waals surface area contributed by atoms with Crippen molar-refractivity contribution >= 4 is 23.3 Å². The first-order valence-corrected chi connectivity index (χ1v) is 13.5. The topological polar surface area (TPSA) is 87.7 Å². The zero-order valence-corrected chi connectivity index (χ0v) is 21.2. The molecule has 1 saturated carbocycles. The molecular weight excluding hydrogens is 454 g/mol. The van der Waals surface area contributed by atoms with Gasteiger partial charge in [0.15, 0.2) is 5.82 Å². The molecule has 3 aliphatic rings. The molecular formula is C28H37N5O3. The fourth-order valence-electron chi connectivity index (χ4n) is 5.60. The van der Waals surface area contributed by atoms with Crippen molar-refractivity contribution in [3.63, 3.8) is 0 Å². The molecule has 8 nitrogen and oxygen atoms in total. The number of nitrogens with zero attached hydrogens (tertiary/aromatic N) is 4. The number of piperidine rings is 1. The van der Waals surface area contributed by atoms with E-state index in [1.54, 1.807) is 0 Å². The van der Waals surface area contributed by atoms with E-state index in [1.165, 1.54) is 19.3 Å². The van der Waals surface area contributed by atoms with Crippen LogP contribution in [0.5, 0.6) is 5.75 Å². The normalized spacial score (nSPS) is 21.4. The summed E-state index contributed by atoms with van der Waals surface area (Å²) in [5.74, 6) is 2.16. The van der Waals surface area contributed by atoms with Gasteiger partial charge in [-0.3, -0.25) is 9.59 Å². The maximum absolute atomic E-state index is 12.8. The average molecular weight is 492 g/mol. The van der Waals surface area contributed by atoms with Gasteiger partial charge >= 0.3 is 0 Å².